The number of benzene rings is 1. The fourth-order valence-electron chi connectivity index (χ4n) is 2.26. The smallest absolute Gasteiger partial charge is 0.307 e. The number of amides is 2. The van der Waals surface area contributed by atoms with E-state index in [0.29, 0.717) is 11.1 Å². The van der Waals surface area contributed by atoms with E-state index in [0.717, 1.165) is 9.78 Å². The molecule has 0 spiro atoms. The molecule has 1 aliphatic rings. The van der Waals surface area contributed by atoms with Crippen molar-refractivity contribution in [1.29, 1.82) is 0 Å². The highest BCUT2D eigenvalue weighted by molar-refractivity contribution is 7.09. The number of nitrogens with zero attached hydrogens (tertiary/aromatic N) is 1. The van der Waals surface area contributed by atoms with Crippen LogP contribution >= 0.6 is 11.3 Å². The van der Waals surface area contributed by atoms with Crippen LogP contribution in [-0.4, -0.2) is 29.2 Å². The summed E-state index contributed by atoms with van der Waals surface area (Å²) in [5.41, 5.74) is 0.777. The predicted molar refractivity (Wildman–Crippen MR) is 80.5 cm³/mol. The molecule has 1 aromatic carbocycles. The zero-order chi connectivity index (χ0) is 15.5. The molecule has 2 aromatic rings. The Hall–Kier alpha value is -2.47. The second kappa shape index (κ2) is 6.11. The summed E-state index contributed by atoms with van der Waals surface area (Å²) in [4.78, 5) is 38.0. The fourth-order valence-corrected chi connectivity index (χ4v) is 2.88. The zero-order valence-corrected chi connectivity index (χ0v) is 12.5. The predicted octanol–water partition coefficient (Wildman–Crippen LogP) is 2.48. The Kier molecular flexibility index (Phi) is 4.02. The summed E-state index contributed by atoms with van der Waals surface area (Å²) in [5, 5.41) is 1.90. The molecule has 3 rings (SSSR count). The minimum absolute atomic E-state index is 0.00313. The van der Waals surface area contributed by atoms with Crippen LogP contribution in [0.2, 0.25) is 0 Å². The molecule has 6 heteroatoms. The van der Waals surface area contributed by atoms with Crippen LogP contribution in [0.25, 0.3) is 0 Å². The molecule has 2 heterocycles. The van der Waals surface area contributed by atoms with Gasteiger partial charge in [-0.1, -0.05) is 18.2 Å². The summed E-state index contributed by atoms with van der Waals surface area (Å²) in [6.07, 6.45) is -0.00313. The molecule has 2 amide bonds. The summed E-state index contributed by atoms with van der Waals surface area (Å²) < 4.78 is 5.12. The largest absolute Gasteiger partial charge is 0.460 e. The maximum absolute atomic E-state index is 12.1. The molecule has 1 aliphatic heterocycles. The molecule has 0 radical (unpaired) electrons. The van der Waals surface area contributed by atoms with Gasteiger partial charge in [-0.05, 0) is 23.6 Å². The highest BCUT2D eigenvalue weighted by atomic mass is 32.1. The number of carbonyl (C=O) groups excluding carboxylic acids is 3. The number of hydrogen-bond donors (Lipinski definition) is 0. The second-order valence-corrected chi connectivity index (χ2v) is 5.83. The third-order valence-corrected chi connectivity index (χ3v) is 4.22. The normalized spacial score (nSPS) is 13.4. The van der Waals surface area contributed by atoms with Crippen LogP contribution < -0.4 is 0 Å². The van der Waals surface area contributed by atoms with E-state index in [1.807, 2.05) is 17.5 Å². The van der Waals surface area contributed by atoms with E-state index in [9.17, 15) is 14.4 Å². The van der Waals surface area contributed by atoms with Gasteiger partial charge in [0.15, 0.2) is 0 Å². The first-order valence-electron chi connectivity index (χ1n) is 6.80. The number of hydrogen-bond acceptors (Lipinski definition) is 5. The van der Waals surface area contributed by atoms with E-state index in [1.165, 1.54) is 11.3 Å². The maximum Gasteiger partial charge on any atom is 0.307 e. The Morgan fingerprint density at radius 1 is 1.05 bits per heavy atom. The first-order chi connectivity index (χ1) is 10.7. The molecule has 22 heavy (non-hydrogen) atoms. The van der Waals surface area contributed by atoms with Crippen LogP contribution in [-0.2, 0) is 16.1 Å². The number of esters is 1. The molecule has 0 bridgehead atoms. The molecule has 0 saturated carbocycles. The summed E-state index contributed by atoms with van der Waals surface area (Å²) >= 11 is 1.50. The number of imide groups is 1. The average molecular weight is 315 g/mol. The van der Waals surface area contributed by atoms with Crippen LogP contribution in [0, 0.1) is 0 Å². The molecule has 112 valence electrons. The standard InChI is InChI=1S/C16H13NO4S/c18-14(21-10-11-4-3-9-22-11)7-8-17-15(19)12-5-1-2-6-13(12)16(17)20/h1-6,9H,7-8,10H2. The molecule has 0 saturated heterocycles. The highest BCUT2D eigenvalue weighted by Crippen LogP contribution is 2.22. The van der Waals surface area contributed by atoms with Crippen LogP contribution in [0.15, 0.2) is 41.8 Å². The van der Waals surface area contributed by atoms with Crippen LogP contribution in [0.5, 0.6) is 0 Å². The Balaban J connectivity index is 1.55. The van der Waals surface area contributed by atoms with Crippen LogP contribution in [0.4, 0.5) is 0 Å². The van der Waals surface area contributed by atoms with Crippen molar-refractivity contribution in [2.45, 2.75) is 13.0 Å². The first kappa shape index (κ1) is 14.5. The van der Waals surface area contributed by atoms with Gasteiger partial charge < -0.3 is 4.74 Å². The molecule has 0 aliphatic carbocycles. The van der Waals surface area contributed by atoms with Gasteiger partial charge >= 0.3 is 5.97 Å². The van der Waals surface area contributed by atoms with Crippen molar-refractivity contribution < 1.29 is 19.1 Å². The van der Waals surface area contributed by atoms with Crippen molar-refractivity contribution in [2.24, 2.45) is 0 Å². The van der Waals surface area contributed by atoms with Crippen molar-refractivity contribution >= 4 is 29.1 Å². The summed E-state index contributed by atoms with van der Waals surface area (Å²) in [5.74, 6) is -1.14. The molecule has 1 aromatic heterocycles. The number of fused-ring (bicyclic) bond motifs is 1. The second-order valence-electron chi connectivity index (χ2n) is 4.80. The maximum atomic E-state index is 12.1. The lowest BCUT2D eigenvalue weighted by atomic mass is 10.1. The van der Waals surface area contributed by atoms with E-state index >= 15 is 0 Å². The molecule has 5 nitrogen and oxygen atoms in total. The van der Waals surface area contributed by atoms with E-state index in [4.69, 9.17) is 4.74 Å². The van der Waals surface area contributed by atoms with Crippen molar-refractivity contribution in [1.82, 2.24) is 4.90 Å². The van der Waals surface area contributed by atoms with E-state index in [-0.39, 0.29) is 31.4 Å². The van der Waals surface area contributed by atoms with Crippen molar-refractivity contribution in [3.8, 4) is 0 Å². The van der Waals surface area contributed by atoms with Crippen molar-refractivity contribution in [2.75, 3.05) is 6.54 Å². The summed E-state index contributed by atoms with van der Waals surface area (Å²) in [7, 11) is 0. The Morgan fingerprint density at radius 2 is 1.73 bits per heavy atom. The molecule has 0 fully saturated rings. The highest BCUT2D eigenvalue weighted by Gasteiger charge is 2.35. The van der Waals surface area contributed by atoms with Gasteiger partial charge in [0.1, 0.15) is 6.61 Å². The van der Waals surface area contributed by atoms with Gasteiger partial charge in [-0.15, -0.1) is 11.3 Å². The van der Waals surface area contributed by atoms with Crippen molar-refractivity contribution in [3.63, 3.8) is 0 Å². The Morgan fingerprint density at radius 3 is 2.32 bits per heavy atom. The number of rotatable bonds is 5. The SMILES string of the molecule is O=C(CCN1C(=O)c2ccccc2C1=O)OCc1cccs1. The zero-order valence-electron chi connectivity index (χ0n) is 11.7. The van der Waals surface area contributed by atoms with E-state index < -0.39 is 5.97 Å². The molecule has 0 unspecified atom stereocenters. The van der Waals surface area contributed by atoms with Gasteiger partial charge in [0.25, 0.3) is 11.8 Å². The van der Waals surface area contributed by atoms with Gasteiger partial charge in [-0.2, -0.15) is 0 Å². The van der Waals surface area contributed by atoms with Gasteiger partial charge in [0.05, 0.1) is 17.5 Å². The lowest BCUT2D eigenvalue weighted by Gasteiger charge is -2.13. The van der Waals surface area contributed by atoms with E-state index in [1.54, 1.807) is 24.3 Å². The number of thiophene rings is 1. The average Bonchev–Trinajstić information content (AvgIpc) is 3.13. The Labute approximate surface area is 131 Å². The van der Waals surface area contributed by atoms with Crippen LogP contribution in [0.3, 0.4) is 0 Å². The van der Waals surface area contributed by atoms with Gasteiger partial charge in [-0.3, -0.25) is 19.3 Å². The van der Waals surface area contributed by atoms with Crippen LogP contribution in [0.1, 0.15) is 32.0 Å². The minimum Gasteiger partial charge on any atom is -0.460 e. The summed E-state index contributed by atoms with van der Waals surface area (Å²) in [6.45, 7) is 0.258. The summed E-state index contributed by atoms with van der Waals surface area (Å²) in [6, 6.07) is 10.4. The quantitative estimate of drug-likeness (QED) is 0.628. The van der Waals surface area contributed by atoms with Gasteiger partial charge in [0.2, 0.25) is 0 Å². The van der Waals surface area contributed by atoms with Gasteiger partial charge in [0, 0.05) is 11.4 Å². The lowest BCUT2D eigenvalue weighted by molar-refractivity contribution is -0.144. The molecule has 0 N–H and O–H groups in total. The minimum atomic E-state index is -0.426. The molecular formula is C16H13NO4S. The lowest BCUT2D eigenvalue weighted by Crippen LogP contribution is -2.32. The van der Waals surface area contributed by atoms with Crippen molar-refractivity contribution in [3.05, 3.63) is 57.8 Å². The fraction of sp³-hybridized carbons (Fsp3) is 0.188. The molecular weight excluding hydrogens is 302 g/mol. The number of ether oxygens (including phenoxy) is 1. The third-order valence-electron chi connectivity index (χ3n) is 3.37. The topological polar surface area (TPSA) is 63.7 Å². The van der Waals surface area contributed by atoms with Gasteiger partial charge in [-0.25, -0.2) is 0 Å². The Bertz CT molecular complexity index is 689. The molecule has 0 atom stereocenters. The first-order valence-corrected chi connectivity index (χ1v) is 7.68. The monoisotopic (exact) mass is 315 g/mol. The number of carbonyl (C=O) groups is 3. The third kappa shape index (κ3) is 2.78. The van der Waals surface area contributed by atoms with E-state index in [2.05, 4.69) is 0 Å².